The van der Waals surface area contributed by atoms with Gasteiger partial charge in [0.05, 0.1) is 6.42 Å². The molecule has 0 unspecified atom stereocenters. The first kappa shape index (κ1) is 28.2. The first-order valence-corrected chi connectivity index (χ1v) is 13.1. The minimum absolute atomic E-state index is 0.166. The van der Waals surface area contributed by atoms with Crippen molar-refractivity contribution in [2.75, 3.05) is 0 Å². The number of carbonyl (C=O) groups is 1. The molecule has 0 amide bonds. The molecule has 0 radical (unpaired) electrons. The number of hydrogen-bond donors (Lipinski definition) is 1. The SMILES string of the molecule is CCCCCCCCCCCCCCCCCCCCCCCC=CCC(=O)O. The number of aliphatic carboxylic acids is 1. The van der Waals surface area contributed by atoms with Gasteiger partial charge in [0, 0.05) is 0 Å². The van der Waals surface area contributed by atoms with E-state index in [9.17, 15) is 4.79 Å². The summed E-state index contributed by atoms with van der Waals surface area (Å²) in [6.07, 6.45) is 34.7. The van der Waals surface area contributed by atoms with Gasteiger partial charge in [0.1, 0.15) is 0 Å². The van der Waals surface area contributed by atoms with Gasteiger partial charge in [0.15, 0.2) is 0 Å². The fourth-order valence-electron chi connectivity index (χ4n) is 4.00. The normalized spacial score (nSPS) is 11.5. The maximum Gasteiger partial charge on any atom is 0.307 e. The van der Waals surface area contributed by atoms with Gasteiger partial charge >= 0.3 is 5.97 Å². The molecule has 0 rings (SSSR count). The molecule has 2 nitrogen and oxygen atoms in total. The summed E-state index contributed by atoms with van der Waals surface area (Å²) >= 11 is 0. The third kappa shape index (κ3) is 27.2. The summed E-state index contributed by atoms with van der Waals surface area (Å²) < 4.78 is 0. The van der Waals surface area contributed by atoms with Gasteiger partial charge in [-0.15, -0.1) is 0 Å². The molecule has 0 aliphatic rings. The molecule has 0 aliphatic carbocycles. The first-order chi connectivity index (χ1) is 14.3. The molecule has 0 saturated heterocycles. The second-order valence-corrected chi connectivity index (χ2v) is 8.93. The Balaban J connectivity index is 3.03. The highest BCUT2D eigenvalue weighted by Crippen LogP contribution is 2.15. The zero-order valence-corrected chi connectivity index (χ0v) is 19.8. The Kier molecular flexibility index (Phi) is 24.6. The van der Waals surface area contributed by atoms with Gasteiger partial charge in [-0.2, -0.15) is 0 Å². The van der Waals surface area contributed by atoms with Crippen LogP contribution in [0.5, 0.6) is 0 Å². The van der Waals surface area contributed by atoms with Crippen molar-refractivity contribution in [1.29, 1.82) is 0 Å². The van der Waals surface area contributed by atoms with Crippen LogP contribution in [0.4, 0.5) is 0 Å². The predicted molar refractivity (Wildman–Crippen MR) is 129 cm³/mol. The number of rotatable bonds is 24. The van der Waals surface area contributed by atoms with Gasteiger partial charge in [-0.3, -0.25) is 4.79 Å². The predicted octanol–water partition coefficient (Wildman–Crippen LogP) is 9.62. The first-order valence-electron chi connectivity index (χ1n) is 13.1. The minimum Gasteiger partial charge on any atom is -0.481 e. The van der Waals surface area contributed by atoms with Crippen molar-refractivity contribution >= 4 is 5.97 Å². The van der Waals surface area contributed by atoms with E-state index in [0.29, 0.717) is 0 Å². The summed E-state index contributed by atoms with van der Waals surface area (Å²) in [4.78, 5) is 10.4. The maximum atomic E-state index is 10.4. The van der Waals surface area contributed by atoms with E-state index in [-0.39, 0.29) is 6.42 Å². The molecule has 0 saturated carbocycles. The largest absolute Gasteiger partial charge is 0.481 e. The Bertz CT molecular complexity index is 348. The quantitative estimate of drug-likeness (QED) is 0.127. The van der Waals surface area contributed by atoms with Crippen molar-refractivity contribution in [3.05, 3.63) is 12.2 Å². The standard InChI is InChI=1S/C27H52O2/c1-2-3-4-5-6-7-8-9-10-11-12-13-14-15-16-17-18-19-20-21-22-23-24-25-26-27(28)29/h24-25H,2-23,26H2,1H3,(H,28,29). The molecule has 0 fully saturated rings. The van der Waals surface area contributed by atoms with Crippen LogP contribution in [0.3, 0.4) is 0 Å². The summed E-state index contributed by atoms with van der Waals surface area (Å²) in [6.45, 7) is 2.29. The molecule has 0 aliphatic heterocycles. The lowest BCUT2D eigenvalue weighted by molar-refractivity contribution is -0.136. The average molecular weight is 409 g/mol. The Labute approximate surface area is 182 Å². The number of unbranched alkanes of at least 4 members (excludes halogenated alkanes) is 21. The van der Waals surface area contributed by atoms with Gasteiger partial charge < -0.3 is 5.11 Å². The third-order valence-electron chi connectivity index (χ3n) is 5.93. The molecular weight excluding hydrogens is 356 g/mol. The fourth-order valence-corrected chi connectivity index (χ4v) is 4.00. The van der Waals surface area contributed by atoms with E-state index in [4.69, 9.17) is 5.11 Å². The van der Waals surface area contributed by atoms with E-state index in [1.807, 2.05) is 6.08 Å². The van der Waals surface area contributed by atoms with Gasteiger partial charge in [0.2, 0.25) is 0 Å². The Hall–Kier alpha value is -0.790. The molecule has 0 aromatic rings. The molecule has 2 heteroatoms. The van der Waals surface area contributed by atoms with Crippen LogP contribution in [-0.2, 0) is 4.79 Å². The van der Waals surface area contributed by atoms with E-state index in [0.717, 1.165) is 6.42 Å². The Morgan fingerprint density at radius 3 is 1.14 bits per heavy atom. The second kappa shape index (κ2) is 25.2. The molecular formula is C27H52O2. The van der Waals surface area contributed by atoms with Gasteiger partial charge in [-0.05, 0) is 12.8 Å². The summed E-state index contributed by atoms with van der Waals surface area (Å²) in [5.41, 5.74) is 0. The molecule has 0 atom stereocenters. The van der Waals surface area contributed by atoms with Crippen LogP contribution < -0.4 is 0 Å². The third-order valence-corrected chi connectivity index (χ3v) is 5.93. The molecule has 1 N–H and O–H groups in total. The molecule has 0 aromatic heterocycles. The highest BCUT2D eigenvalue weighted by atomic mass is 16.4. The van der Waals surface area contributed by atoms with Gasteiger partial charge in [-0.1, -0.05) is 147 Å². The lowest BCUT2D eigenvalue weighted by atomic mass is 10.0. The zero-order valence-electron chi connectivity index (χ0n) is 19.8. The highest BCUT2D eigenvalue weighted by molar-refractivity contribution is 5.68. The Morgan fingerprint density at radius 2 is 0.828 bits per heavy atom. The molecule has 172 valence electrons. The minimum atomic E-state index is -0.736. The summed E-state index contributed by atoms with van der Waals surface area (Å²) in [5.74, 6) is -0.736. The van der Waals surface area contributed by atoms with Crippen LogP contribution >= 0.6 is 0 Å². The van der Waals surface area contributed by atoms with Crippen LogP contribution in [0, 0.1) is 0 Å². The molecule has 0 aromatic carbocycles. The van der Waals surface area contributed by atoms with E-state index in [1.54, 1.807) is 6.08 Å². The fraction of sp³-hybridized carbons (Fsp3) is 0.889. The monoisotopic (exact) mass is 408 g/mol. The lowest BCUT2D eigenvalue weighted by Crippen LogP contribution is -1.89. The maximum absolute atomic E-state index is 10.4. The van der Waals surface area contributed by atoms with Crippen molar-refractivity contribution < 1.29 is 9.90 Å². The summed E-state index contributed by atoms with van der Waals surface area (Å²) in [5, 5.41) is 8.54. The average Bonchev–Trinajstić information content (AvgIpc) is 2.71. The summed E-state index contributed by atoms with van der Waals surface area (Å²) in [7, 11) is 0. The number of carboxylic acids is 1. The van der Waals surface area contributed by atoms with Gasteiger partial charge in [-0.25, -0.2) is 0 Å². The van der Waals surface area contributed by atoms with Gasteiger partial charge in [0.25, 0.3) is 0 Å². The van der Waals surface area contributed by atoms with Crippen LogP contribution in [-0.4, -0.2) is 11.1 Å². The van der Waals surface area contributed by atoms with Crippen LogP contribution in [0.2, 0.25) is 0 Å². The van der Waals surface area contributed by atoms with Crippen molar-refractivity contribution in [2.45, 2.75) is 155 Å². The molecule has 0 bridgehead atoms. The number of carboxylic acid groups (broad SMARTS) is 1. The molecule has 0 spiro atoms. The summed E-state index contributed by atoms with van der Waals surface area (Å²) in [6, 6.07) is 0. The number of allylic oxidation sites excluding steroid dienone is 1. The topological polar surface area (TPSA) is 37.3 Å². The van der Waals surface area contributed by atoms with Crippen LogP contribution in [0.25, 0.3) is 0 Å². The van der Waals surface area contributed by atoms with Crippen molar-refractivity contribution in [1.82, 2.24) is 0 Å². The van der Waals surface area contributed by atoms with Crippen molar-refractivity contribution in [3.8, 4) is 0 Å². The van der Waals surface area contributed by atoms with E-state index >= 15 is 0 Å². The van der Waals surface area contributed by atoms with E-state index in [1.165, 1.54) is 135 Å². The highest BCUT2D eigenvalue weighted by Gasteiger charge is 1.95. The van der Waals surface area contributed by atoms with Crippen LogP contribution in [0.15, 0.2) is 12.2 Å². The van der Waals surface area contributed by atoms with E-state index < -0.39 is 5.97 Å². The smallest absolute Gasteiger partial charge is 0.307 e. The number of hydrogen-bond acceptors (Lipinski definition) is 1. The van der Waals surface area contributed by atoms with Crippen molar-refractivity contribution in [3.63, 3.8) is 0 Å². The van der Waals surface area contributed by atoms with E-state index in [2.05, 4.69) is 6.92 Å². The molecule has 0 heterocycles. The zero-order chi connectivity index (χ0) is 21.3. The van der Waals surface area contributed by atoms with Crippen LogP contribution in [0.1, 0.15) is 155 Å². The second-order valence-electron chi connectivity index (χ2n) is 8.93. The van der Waals surface area contributed by atoms with Crippen molar-refractivity contribution in [2.24, 2.45) is 0 Å². The molecule has 29 heavy (non-hydrogen) atoms. The Morgan fingerprint density at radius 1 is 0.517 bits per heavy atom. The lowest BCUT2D eigenvalue weighted by Gasteiger charge is -2.04.